The van der Waals surface area contributed by atoms with Crippen LogP contribution in [-0.2, 0) is 4.79 Å². The highest BCUT2D eigenvalue weighted by Crippen LogP contribution is 2.14. The van der Waals surface area contributed by atoms with Crippen LogP contribution in [0.5, 0.6) is 5.75 Å². The van der Waals surface area contributed by atoms with Gasteiger partial charge in [0, 0.05) is 11.3 Å². The number of carbonyl (C=O) groups is 2. The lowest BCUT2D eigenvalue weighted by atomic mass is 10.2. The largest absolute Gasteiger partial charge is 0.545 e. The molecule has 1 amide bonds. The molecule has 0 spiro atoms. The van der Waals surface area contributed by atoms with Crippen LogP contribution >= 0.6 is 0 Å². The molecule has 0 saturated heterocycles. The second-order valence-corrected chi connectivity index (χ2v) is 3.98. The zero-order valence-corrected chi connectivity index (χ0v) is 10.5. The van der Waals surface area contributed by atoms with E-state index in [-0.39, 0.29) is 17.9 Å². The molecular formula is C15H12NO4-. The molecule has 0 aliphatic heterocycles. The van der Waals surface area contributed by atoms with Crippen LogP contribution in [0, 0.1) is 0 Å². The fourth-order valence-electron chi connectivity index (χ4n) is 1.62. The van der Waals surface area contributed by atoms with Crippen molar-refractivity contribution < 1.29 is 19.4 Å². The number of carboxylic acid groups (broad SMARTS) is 1. The number of rotatable bonds is 5. The van der Waals surface area contributed by atoms with Crippen LogP contribution in [0.1, 0.15) is 10.4 Å². The van der Waals surface area contributed by atoms with Crippen LogP contribution in [0.15, 0.2) is 54.6 Å². The van der Waals surface area contributed by atoms with Crippen molar-refractivity contribution in [3.8, 4) is 5.75 Å². The molecule has 5 heteroatoms. The lowest BCUT2D eigenvalue weighted by molar-refractivity contribution is -0.254. The van der Waals surface area contributed by atoms with Crippen LogP contribution in [0.4, 0.5) is 5.69 Å². The lowest BCUT2D eigenvalue weighted by Crippen LogP contribution is -2.26. The summed E-state index contributed by atoms with van der Waals surface area (Å²) in [6.45, 7) is -0.203. The standard InChI is InChI=1S/C15H13NO4/c17-14(10-20-11-6-2-1-3-7-11)16-13-9-5-4-8-12(13)15(18)19/h1-9H,10H2,(H,16,17)(H,18,19)/p-1. The first-order chi connectivity index (χ1) is 9.66. The Morgan fingerprint density at radius 1 is 1.00 bits per heavy atom. The van der Waals surface area contributed by atoms with Crippen LogP contribution in [0.25, 0.3) is 0 Å². The average molecular weight is 270 g/mol. The van der Waals surface area contributed by atoms with Gasteiger partial charge >= 0.3 is 0 Å². The number of anilines is 1. The summed E-state index contributed by atoms with van der Waals surface area (Å²) in [5.74, 6) is -1.22. The Bertz CT molecular complexity index is 610. The van der Waals surface area contributed by atoms with Crippen LogP contribution in [0.3, 0.4) is 0 Å². The fraction of sp³-hybridized carbons (Fsp3) is 0.0667. The Morgan fingerprint density at radius 2 is 1.65 bits per heavy atom. The minimum Gasteiger partial charge on any atom is -0.545 e. The van der Waals surface area contributed by atoms with Crippen molar-refractivity contribution in [2.75, 3.05) is 11.9 Å². The van der Waals surface area contributed by atoms with E-state index in [9.17, 15) is 14.7 Å². The number of ether oxygens (including phenoxy) is 1. The van der Waals surface area contributed by atoms with Gasteiger partial charge in [0.05, 0.1) is 5.97 Å². The number of amides is 1. The number of hydrogen-bond acceptors (Lipinski definition) is 4. The lowest BCUT2D eigenvalue weighted by Gasteiger charge is -2.12. The SMILES string of the molecule is O=C(COc1ccccc1)Nc1ccccc1C(=O)[O-]. The van der Waals surface area contributed by atoms with E-state index in [0.717, 1.165) is 0 Å². The average Bonchev–Trinajstić information content (AvgIpc) is 2.46. The second-order valence-electron chi connectivity index (χ2n) is 3.98. The van der Waals surface area contributed by atoms with E-state index < -0.39 is 11.9 Å². The molecule has 0 atom stereocenters. The van der Waals surface area contributed by atoms with E-state index in [1.165, 1.54) is 12.1 Å². The van der Waals surface area contributed by atoms with Gasteiger partial charge in [-0.2, -0.15) is 0 Å². The van der Waals surface area contributed by atoms with Crippen molar-refractivity contribution in [2.45, 2.75) is 0 Å². The van der Waals surface area contributed by atoms with Gasteiger partial charge < -0.3 is 20.0 Å². The van der Waals surface area contributed by atoms with Crippen molar-refractivity contribution in [3.63, 3.8) is 0 Å². The van der Waals surface area contributed by atoms with Crippen molar-refractivity contribution in [2.24, 2.45) is 0 Å². The van der Waals surface area contributed by atoms with Gasteiger partial charge in [-0.1, -0.05) is 36.4 Å². The summed E-state index contributed by atoms with van der Waals surface area (Å²) in [5.41, 5.74) is 0.120. The summed E-state index contributed by atoms with van der Waals surface area (Å²) < 4.78 is 5.27. The summed E-state index contributed by atoms with van der Waals surface area (Å²) in [6, 6.07) is 14.9. The molecule has 20 heavy (non-hydrogen) atoms. The molecule has 2 aromatic rings. The minimum atomic E-state index is -1.34. The van der Waals surface area contributed by atoms with Gasteiger partial charge in [0.25, 0.3) is 5.91 Å². The van der Waals surface area contributed by atoms with E-state index in [4.69, 9.17) is 4.74 Å². The third-order valence-electron chi connectivity index (χ3n) is 2.53. The zero-order chi connectivity index (χ0) is 14.4. The van der Waals surface area contributed by atoms with Crippen LogP contribution in [-0.4, -0.2) is 18.5 Å². The molecule has 0 aromatic heterocycles. The van der Waals surface area contributed by atoms with Crippen LogP contribution < -0.4 is 15.2 Å². The van der Waals surface area contributed by atoms with Gasteiger partial charge in [0.2, 0.25) is 0 Å². The quantitative estimate of drug-likeness (QED) is 0.881. The Morgan fingerprint density at radius 3 is 2.35 bits per heavy atom. The van der Waals surface area contributed by atoms with Crippen molar-refractivity contribution in [3.05, 3.63) is 60.2 Å². The predicted octanol–water partition coefficient (Wildman–Crippen LogP) is 1.07. The van der Waals surface area contributed by atoms with E-state index in [1.807, 2.05) is 6.07 Å². The number of carboxylic acids is 1. The number of para-hydroxylation sites is 2. The fourth-order valence-corrected chi connectivity index (χ4v) is 1.62. The minimum absolute atomic E-state index is 0.0689. The number of aromatic carboxylic acids is 1. The summed E-state index contributed by atoms with van der Waals surface area (Å²) in [7, 11) is 0. The maximum atomic E-state index is 11.7. The molecule has 1 N–H and O–H groups in total. The van der Waals surface area contributed by atoms with E-state index in [1.54, 1.807) is 36.4 Å². The molecule has 0 bridgehead atoms. The molecule has 102 valence electrons. The molecule has 0 aliphatic rings. The Kier molecular flexibility index (Phi) is 4.34. The van der Waals surface area contributed by atoms with Gasteiger partial charge in [-0.3, -0.25) is 4.79 Å². The molecule has 0 unspecified atom stereocenters. The Labute approximate surface area is 115 Å². The van der Waals surface area contributed by atoms with Gasteiger partial charge in [-0.15, -0.1) is 0 Å². The molecule has 2 aromatic carbocycles. The van der Waals surface area contributed by atoms with Gasteiger partial charge in [-0.05, 0) is 18.2 Å². The summed E-state index contributed by atoms with van der Waals surface area (Å²) in [4.78, 5) is 22.6. The van der Waals surface area contributed by atoms with Crippen molar-refractivity contribution in [1.29, 1.82) is 0 Å². The Balaban J connectivity index is 1.97. The van der Waals surface area contributed by atoms with E-state index in [0.29, 0.717) is 5.75 Å². The highest BCUT2D eigenvalue weighted by molar-refractivity contribution is 6.00. The van der Waals surface area contributed by atoms with E-state index in [2.05, 4.69) is 5.32 Å². The molecule has 5 nitrogen and oxygen atoms in total. The van der Waals surface area contributed by atoms with Gasteiger partial charge in [0.15, 0.2) is 6.61 Å². The van der Waals surface area contributed by atoms with Gasteiger partial charge in [0.1, 0.15) is 5.75 Å². The smallest absolute Gasteiger partial charge is 0.262 e. The number of hydrogen-bond donors (Lipinski definition) is 1. The highest BCUT2D eigenvalue weighted by atomic mass is 16.5. The summed E-state index contributed by atoms with van der Waals surface area (Å²) in [6.07, 6.45) is 0. The van der Waals surface area contributed by atoms with Crippen LogP contribution in [0.2, 0.25) is 0 Å². The third kappa shape index (κ3) is 3.58. The van der Waals surface area contributed by atoms with Gasteiger partial charge in [-0.25, -0.2) is 0 Å². The summed E-state index contributed by atoms with van der Waals surface area (Å²) >= 11 is 0. The third-order valence-corrected chi connectivity index (χ3v) is 2.53. The molecule has 0 fully saturated rings. The first kappa shape index (κ1) is 13.6. The Hall–Kier alpha value is -2.82. The first-order valence-corrected chi connectivity index (χ1v) is 5.95. The highest BCUT2D eigenvalue weighted by Gasteiger charge is 2.07. The topological polar surface area (TPSA) is 78.5 Å². The first-order valence-electron chi connectivity index (χ1n) is 5.95. The zero-order valence-electron chi connectivity index (χ0n) is 10.5. The number of nitrogens with one attached hydrogen (secondary N) is 1. The second kappa shape index (κ2) is 6.38. The maximum absolute atomic E-state index is 11.7. The molecule has 0 radical (unpaired) electrons. The van der Waals surface area contributed by atoms with Crippen molar-refractivity contribution >= 4 is 17.6 Å². The maximum Gasteiger partial charge on any atom is 0.262 e. The molecular weight excluding hydrogens is 258 g/mol. The molecule has 2 rings (SSSR count). The van der Waals surface area contributed by atoms with Crippen molar-refractivity contribution in [1.82, 2.24) is 0 Å². The molecule has 0 aliphatic carbocycles. The molecule has 0 heterocycles. The summed E-state index contributed by atoms with van der Waals surface area (Å²) in [5, 5.41) is 13.4. The number of carbonyl (C=O) groups excluding carboxylic acids is 2. The van der Waals surface area contributed by atoms with E-state index >= 15 is 0 Å². The monoisotopic (exact) mass is 270 g/mol. The number of benzene rings is 2. The predicted molar refractivity (Wildman–Crippen MR) is 71.3 cm³/mol. The normalized spacial score (nSPS) is 9.80. The molecule has 0 saturated carbocycles.